The van der Waals surface area contributed by atoms with E-state index in [1.165, 1.54) is 6.33 Å². The highest BCUT2D eigenvalue weighted by atomic mass is 35.5. The Hall–Kier alpha value is -0.480. The van der Waals surface area contributed by atoms with Crippen LogP contribution in [0.2, 0.25) is 5.15 Å². The Balaban J connectivity index is 2.57. The fraction of sp³-hybridized carbons (Fsp3) is 0.556. The van der Waals surface area contributed by atoms with E-state index in [1.807, 2.05) is 11.8 Å². The molecule has 0 saturated carbocycles. The minimum atomic E-state index is 0.441. The molecule has 0 aliphatic carbocycles. The number of anilines is 1. The highest BCUT2D eigenvalue weighted by Gasteiger charge is 2.05. The Bertz CT molecular complexity index is 283. The molecule has 78 valence electrons. The van der Waals surface area contributed by atoms with E-state index in [0.717, 1.165) is 18.0 Å². The number of thioether (sulfide) groups is 1. The lowest BCUT2D eigenvalue weighted by Crippen LogP contribution is -2.21. The Morgan fingerprint density at radius 3 is 2.93 bits per heavy atom. The van der Waals surface area contributed by atoms with Gasteiger partial charge in [0.2, 0.25) is 0 Å². The number of nitrogens with one attached hydrogen (secondary N) is 1. The zero-order chi connectivity index (χ0) is 10.4. The fourth-order valence-electron chi connectivity index (χ4n) is 1.08. The fourth-order valence-corrected chi connectivity index (χ4v) is 1.95. The average molecular weight is 232 g/mol. The van der Waals surface area contributed by atoms with E-state index < -0.39 is 0 Å². The van der Waals surface area contributed by atoms with E-state index in [0.29, 0.717) is 11.2 Å². The summed E-state index contributed by atoms with van der Waals surface area (Å²) in [5, 5.41) is 3.79. The number of aromatic nitrogens is 2. The minimum absolute atomic E-state index is 0.441. The first-order valence-electron chi connectivity index (χ1n) is 4.49. The van der Waals surface area contributed by atoms with Crippen molar-refractivity contribution >= 4 is 29.2 Å². The molecule has 1 unspecified atom stereocenters. The maximum atomic E-state index is 5.75. The first-order chi connectivity index (χ1) is 6.76. The van der Waals surface area contributed by atoms with Gasteiger partial charge in [-0.1, -0.05) is 18.5 Å². The first-order valence-corrected chi connectivity index (χ1v) is 6.26. The molecule has 0 fully saturated rings. The van der Waals surface area contributed by atoms with E-state index in [2.05, 4.69) is 28.5 Å². The van der Waals surface area contributed by atoms with Crippen molar-refractivity contribution in [1.29, 1.82) is 0 Å². The van der Waals surface area contributed by atoms with Gasteiger partial charge in [-0.15, -0.1) is 0 Å². The highest BCUT2D eigenvalue weighted by Crippen LogP contribution is 2.12. The van der Waals surface area contributed by atoms with Crippen molar-refractivity contribution in [2.45, 2.75) is 19.4 Å². The van der Waals surface area contributed by atoms with Crippen LogP contribution in [0.4, 0.5) is 5.82 Å². The van der Waals surface area contributed by atoms with E-state index in [-0.39, 0.29) is 0 Å². The minimum Gasteiger partial charge on any atom is -0.366 e. The van der Waals surface area contributed by atoms with Crippen molar-refractivity contribution < 1.29 is 0 Å². The van der Waals surface area contributed by atoms with Crippen molar-refractivity contribution in [2.24, 2.45) is 0 Å². The molecule has 1 aromatic rings. The summed E-state index contributed by atoms with van der Waals surface area (Å²) in [5.74, 6) is 1.86. The third kappa shape index (κ3) is 3.72. The molecule has 1 aromatic heterocycles. The van der Waals surface area contributed by atoms with Crippen LogP contribution in [0.15, 0.2) is 12.4 Å². The van der Waals surface area contributed by atoms with E-state index in [4.69, 9.17) is 11.6 Å². The number of hydrogen-bond acceptors (Lipinski definition) is 4. The summed E-state index contributed by atoms with van der Waals surface area (Å²) in [4.78, 5) is 7.92. The van der Waals surface area contributed by atoms with E-state index >= 15 is 0 Å². The van der Waals surface area contributed by atoms with Gasteiger partial charge >= 0.3 is 0 Å². The van der Waals surface area contributed by atoms with Gasteiger partial charge in [-0.25, -0.2) is 9.97 Å². The van der Waals surface area contributed by atoms with Crippen molar-refractivity contribution in [3.8, 4) is 0 Å². The molecule has 0 amide bonds. The van der Waals surface area contributed by atoms with Crippen LogP contribution < -0.4 is 5.32 Å². The summed E-state index contributed by atoms with van der Waals surface area (Å²) >= 11 is 7.57. The Morgan fingerprint density at radius 1 is 1.57 bits per heavy atom. The first kappa shape index (κ1) is 11.6. The lowest BCUT2D eigenvalue weighted by molar-refractivity contribution is 0.769. The molecule has 0 radical (unpaired) electrons. The van der Waals surface area contributed by atoms with Gasteiger partial charge in [0.15, 0.2) is 0 Å². The maximum absolute atomic E-state index is 5.75. The molecule has 1 atom stereocenters. The zero-order valence-corrected chi connectivity index (χ0v) is 9.90. The van der Waals surface area contributed by atoms with Gasteiger partial charge in [-0.2, -0.15) is 11.8 Å². The third-order valence-electron chi connectivity index (χ3n) is 1.85. The van der Waals surface area contributed by atoms with Crippen LogP contribution in [0.3, 0.4) is 0 Å². The standard InChI is InChI=1S/C9H14ClN3S/c1-3-7(5-14-2)13-9-4-8(10)11-6-12-9/h4,6-7H,3,5H2,1-2H3,(H,11,12,13). The molecule has 3 nitrogen and oxygen atoms in total. The second-order valence-electron chi connectivity index (χ2n) is 2.93. The summed E-state index contributed by atoms with van der Waals surface area (Å²) in [6.07, 6.45) is 4.64. The second kappa shape index (κ2) is 6.09. The van der Waals surface area contributed by atoms with Crippen molar-refractivity contribution in [3.05, 3.63) is 17.5 Å². The van der Waals surface area contributed by atoms with Crippen LogP contribution in [0.25, 0.3) is 0 Å². The predicted molar refractivity (Wildman–Crippen MR) is 63.1 cm³/mol. The second-order valence-corrected chi connectivity index (χ2v) is 4.23. The normalized spacial score (nSPS) is 12.5. The van der Waals surface area contributed by atoms with Crippen LogP contribution >= 0.6 is 23.4 Å². The molecule has 1 N–H and O–H groups in total. The molecular weight excluding hydrogens is 218 g/mol. The van der Waals surface area contributed by atoms with Gasteiger partial charge in [-0.3, -0.25) is 0 Å². The summed E-state index contributed by atoms with van der Waals surface area (Å²) in [6.45, 7) is 2.15. The molecule has 0 aromatic carbocycles. The summed E-state index contributed by atoms with van der Waals surface area (Å²) < 4.78 is 0. The highest BCUT2D eigenvalue weighted by molar-refractivity contribution is 7.98. The van der Waals surface area contributed by atoms with E-state index in [1.54, 1.807) is 6.07 Å². The SMILES string of the molecule is CCC(CSC)Nc1cc(Cl)ncn1. The van der Waals surface area contributed by atoms with Gasteiger partial charge in [0.1, 0.15) is 17.3 Å². The molecule has 1 heterocycles. The lowest BCUT2D eigenvalue weighted by atomic mass is 10.2. The number of nitrogens with zero attached hydrogens (tertiary/aromatic N) is 2. The van der Waals surface area contributed by atoms with Crippen molar-refractivity contribution in [2.75, 3.05) is 17.3 Å². The van der Waals surface area contributed by atoms with Gasteiger partial charge in [0.05, 0.1) is 0 Å². The third-order valence-corrected chi connectivity index (χ3v) is 2.79. The number of hydrogen-bond donors (Lipinski definition) is 1. The summed E-state index contributed by atoms with van der Waals surface area (Å²) in [6, 6.07) is 2.18. The summed E-state index contributed by atoms with van der Waals surface area (Å²) in [7, 11) is 0. The molecule has 0 aliphatic heterocycles. The summed E-state index contributed by atoms with van der Waals surface area (Å²) in [5.41, 5.74) is 0. The van der Waals surface area contributed by atoms with Crippen LogP contribution in [-0.2, 0) is 0 Å². The monoisotopic (exact) mass is 231 g/mol. The Labute approximate surface area is 93.7 Å². The van der Waals surface area contributed by atoms with Crippen LogP contribution in [0.1, 0.15) is 13.3 Å². The van der Waals surface area contributed by atoms with Crippen LogP contribution in [0.5, 0.6) is 0 Å². The molecular formula is C9H14ClN3S. The maximum Gasteiger partial charge on any atom is 0.134 e. The largest absolute Gasteiger partial charge is 0.366 e. The quantitative estimate of drug-likeness (QED) is 0.791. The van der Waals surface area contributed by atoms with Gasteiger partial charge in [0.25, 0.3) is 0 Å². The van der Waals surface area contributed by atoms with Crippen LogP contribution in [0, 0.1) is 0 Å². The lowest BCUT2D eigenvalue weighted by Gasteiger charge is -2.15. The predicted octanol–water partition coefficient (Wildman–Crippen LogP) is 2.68. The van der Waals surface area contributed by atoms with Gasteiger partial charge in [0, 0.05) is 17.9 Å². The smallest absolute Gasteiger partial charge is 0.134 e. The van der Waals surface area contributed by atoms with E-state index in [9.17, 15) is 0 Å². The molecule has 0 spiro atoms. The molecule has 14 heavy (non-hydrogen) atoms. The molecule has 0 bridgehead atoms. The molecule has 0 saturated heterocycles. The Morgan fingerprint density at radius 2 is 2.36 bits per heavy atom. The molecule has 5 heteroatoms. The van der Waals surface area contributed by atoms with Crippen LogP contribution in [-0.4, -0.2) is 28.0 Å². The van der Waals surface area contributed by atoms with Gasteiger partial charge < -0.3 is 5.32 Å². The number of halogens is 1. The Kier molecular flexibility index (Phi) is 5.04. The molecule has 1 rings (SSSR count). The average Bonchev–Trinajstić information content (AvgIpc) is 2.17. The zero-order valence-electron chi connectivity index (χ0n) is 8.33. The topological polar surface area (TPSA) is 37.8 Å². The van der Waals surface area contributed by atoms with Gasteiger partial charge in [-0.05, 0) is 12.7 Å². The molecule has 0 aliphatic rings. The van der Waals surface area contributed by atoms with Crippen molar-refractivity contribution in [1.82, 2.24) is 9.97 Å². The number of rotatable bonds is 5. The van der Waals surface area contributed by atoms with Crippen molar-refractivity contribution in [3.63, 3.8) is 0 Å².